The van der Waals surface area contributed by atoms with Crippen molar-refractivity contribution in [2.45, 2.75) is 37.6 Å². The summed E-state index contributed by atoms with van der Waals surface area (Å²) in [4.78, 5) is 14.1. The van der Waals surface area contributed by atoms with Crippen LogP contribution in [-0.2, 0) is 17.6 Å². The monoisotopic (exact) mass is 287 g/mol. The number of nitrogens with zero attached hydrogens (tertiary/aromatic N) is 1. The first-order valence-electron chi connectivity index (χ1n) is 8.00. The molecule has 1 amide bonds. The number of carbonyl (C=O) groups is 1. The Kier molecular flexibility index (Phi) is 4.27. The van der Waals surface area contributed by atoms with Gasteiger partial charge in [0.05, 0.1) is 0 Å². The predicted octanol–water partition coefficient (Wildman–Crippen LogP) is 1.08. The Balaban J connectivity index is 1.52. The number of hydrogen-bond acceptors (Lipinski definition) is 3. The molecule has 1 saturated carbocycles. The molecule has 3 rings (SSSR count). The van der Waals surface area contributed by atoms with Gasteiger partial charge in [-0.25, -0.2) is 0 Å². The Bertz CT molecular complexity index is 505. The number of rotatable bonds is 5. The van der Waals surface area contributed by atoms with Crippen molar-refractivity contribution in [3.8, 4) is 0 Å². The molecule has 21 heavy (non-hydrogen) atoms. The molecule has 0 bridgehead atoms. The van der Waals surface area contributed by atoms with Gasteiger partial charge in [-0.2, -0.15) is 0 Å². The SMILES string of the molecule is NC1(Cc2cccc(CCC(=O)N3CCNCC3)c2)CC1. The number of benzene rings is 1. The summed E-state index contributed by atoms with van der Waals surface area (Å²) >= 11 is 0. The van der Waals surface area contributed by atoms with E-state index < -0.39 is 0 Å². The van der Waals surface area contributed by atoms with Crippen LogP contribution in [0.5, 0.6) is 0 Å². The van der Waals surface area contributed by atoms with E-state index in [0.29, 0.717) is 6.42 Å². The third-order valence-electron chi connectivity index (χ3n) is 4.54. The van der Waals surface area contributed by atoms with E-state index in [-0.39, 0.29) is 11.4 Å². The van der Waals surface area contributed by atoms with E-state index in [1.807, 2.05) is 4.90 Å². The van der Waals surface area contributed by atoms with E-state index in [2.05, 4.69) is 29.6 Å². The Morgan fingerprint density at radius 3 is 2.67 bits per heavy atom. The van der Waals surface area contributed by atoms with Gasteiger partial charge in [0.1, 0.15) is 0 Å². The van der Waals surface area contributed by atoms with E-state index in [0.717, 1.165) is 51.9 Å². The largest absolute Gasteiger partial charge is 0.340 e. The minimum atomic E-state index is 0.0508. The summed E-state index contributed by atoms with van der Waals surface area (Å²) in [5, 5.41) is 3.27. The fourth-order valence-corrected chi connectivity index (χ4v) is 2.96. The van der Waals surface area contributed by atoms with Crippen LogP contribution >= 0.6 is 0 Å². The number of amides is 1. The standard InChI is InChI=1S/C17H25N3O/c18-17(6-7-17)13-15-3-1-2-14(12-15)4-5-16(21)20-10-8-19-9-11-20/h1-3,12,19H,4-11,13,18H2. The molecule has 1 aliphatic heterocycles. The highest BCUT2D eigenvalue weighted by molar-refractivity contribution is 5.76. The van der Waals surface area contributed by atoms with Crippen LogP contribution in [0, 0.1) is 0 Å². The van der Waals surface area contributed by atoms with Crippen LogP contribution in [0.25, 0.3) is 0 Å². The van der Waals surface area contributed by atoms with Gasteiger partial charge < -0.3 is 16.0 Å². The number of hydrogen-bond donors (Lipinski definition) is 2. The highest BCUT2D eigenvalue weighted by Gasteiger charge is 2.37. The second kappa shape index (κ2) is 6.16. The van der Waals surface area contributed by atoms with Crippen molar-refractivity contribution in [2.75, 3.05) is 26.2 Å². The second-order valence-electron chi connectivity index (χ2n) is 6.49. The average molecular weight is 287 g/mol. The molecule has 1 heterocycles. The molecule has 1 aromatic rings. The summed E-state index contributed by atoms with van der Waals surface area (Å²) in [7, 11) is 0. The van der Waals surface area contributed by atoms with Gasteiger partial charge in [0, 0.05) is 38.1 Å². The van der Waals surface area contributed by atoms with Gasteiger partial charge in [0.15, 0.2) is 0 Å². The Morgan fingerprint density at radius 2 is 1.95 bits per heavy atom. The number of piperazine rings is 1. The molecule has 0 aromatic heterocycles. The lowest BCUT2D eigenvalue weighted by atomic mass is 10.0. The third kappa shape index (κ3) is 4.05. The van der Waals surface area contributed by atoms with E-state index in [1.165, 1.54) is 11.1 Å². The molecule has 0 radical (unpaired) electrons. The van der Waals surface area contributed by atoms with Gasteiger partial charge in [0.25, 0.3) is 0 Å². The van der Waals surface area contributed by atoms with Gasteiger partial charge in [-0.1, -0.05) is 24.3 Å². The van der Waals surface area contributed by atoms with Crippen LogP contribution in [0.1, 0.15) is 30.4 Å². The zero-order valence-electron chi connectivity index (χ0n) is 12.6. The molecular weight excluding hydrogens is 262 g/mol. The summed E-state index contributed by atoms with van der Waals surface area (Å²) in [6.07, 6.45) is 4.68. The quantitative estimate of drug-likeness (QED) is 0.852. The van der Waals surface area contributed by atoms with E-state index in [1.54, 1.807) is 0 Å². The summed E-state index contributed by atoms with van der Waals surface area (Å²) in [5.74, 6) is 0.277. The van der Waals surface area contributed by atoms with Gasteiger partial charge >= 0.3 is 0 Å². The van der Waals surface area contributed by atoms with Crippen molar-refractivity contribution in [2.24, 2.45) is 5.73 Å². The van der Waals surface area contributed by atoms with E-state index in [4.69, 9.17) is 5.73 Å². The van der Waals surface area contributed by atoms with Crippen LogP contribution in [-0.4, -0.2) is 42.5 Å². The number of aryl methyl sites for hydroxylation is 1. The maximum atomic E-state index is 12.2. The molecule has 1 aliphatic carbocycles. The van der Waals surface area contributed by atoms with Gasteiger partial charge in [-0.3, -0.25) is 4.79 Å². The Morgan fingerprint density at radius 1 is 1.24 bits per heavy atom. The van der Waals surface area contributed by atoms with Crippen molar-refractivity contribution >= 4 is 5.91 Å². The van der Waals surface area contributed by atoms with Gasteiger partial charge in [-0.15, -0.1) is 0 Å². The molecule has 1 saturated heterocycles. The average Bonchev–Trinajstić information content (AvgIpc) is 3.23. The minimum Gasteiger partial charge on any atom is -0.340 e. The molecule has 2 aliphatic rings. The number of nitrogens with one attached hydrogen (secondary N) is 1. The molecule has 1 aromatic carbocycles. The normalized spacial score (nSPS) is 20.3. The molecular formula is C17H25N3O. The molecule has 3 N–H and O–H groups in total. The van der Waals surface area contributed by atoms with Crippen molar-refractivity contribution in [3.63, 3.8) is 0 Å². The summed E-state index contributed by atoms with van der Waals surface area (Å²) in [5.41, 5.74) is 8.79. The highest BCUT2D eigenvalue weighted by Crippen LogP contribution is 2.35. The Labute approximate surface area is 126 Å². The van der Waals surface area contributed by atoms with Crippen molar-refractivity contribution in [1.29, 1.82) is 0 Å². The molecule has 0 spiro atoms. The van der Waals surface area contributed by atoms with Crippen LogP contribution in [0.3, 0.4) is 0 Å². The van der Waals surface area contributed by atoms with E-state index in [9.17, 15) is 4.79 Å². The fourth-order valence-electron chi connectivity index (χ4n) is 2.96. The van der Waals surface area contributed by atoms with Crippen LogP contribution in [0.15, 0.2) is 24.3 Å². The molecule has 114 valence electrons. The summed E-state index contributed by atoms with van der Waals surface area (Å²) < 4.78 is 0. The Hall–Kier alpha value is -1.39. The topological polar surface area (TPSA) is 58.4 Å². The summed E-state index contributed by atoms with van der Waals surface area (Å²) in [6, 6.07) is 8.57. The van der Waals surface area contributed by atoms with Gasteiger partial charge in [0.2, 0.25) is 5.91 Å². The number of nitrogens with two attached hydrogens (primary N) is 1. The molecule has 0 unspecified atom stereocenters. The lowest BCUT2D eigenvalue weighted by Crippen LogP contribution is -2.46. The van der Waals surface area contributed by atoms with Crippen LogP contribution < -0.4 is 11.1 Å². The van der Waals surface area contributed by atoms with Gasteiger partial charge in [-0.05, 0) is 36.8 Å². The third-order valence-corrected chi connectivity index (χ3v) is 4.54. The van der Waals surface area contributed by atoms with Crippen LogP contribution in [0.2, 0.25) is 0 Å². The first-order chi connectivity index (χ1) is 10.1. The number of carbonyl (C=O) groups excluding carboxylic acids is 1. The zero-order chi connectivity index (χ0) is 14.7. The first-order valence-corrected chi connectivity index (χ1v) is 8.00. The second-order valence-corrected chi connectivity index (χ2v) is 6.49. The predicted molar refractivity (Wildman–Crippen MR) is 84.1 cm³/mol. The molecule has 2 fully saturated rings. The van der Waals surface area contributed by atoms with Crippen LogP contribution in [0.4, 0.5) is 0 Å². The fraction of sp³-hybridized carbons (Fsp3) is 0.588. The summed E-state index contributed by atoms with van der Waals surface area (Å²) in [6.45, 7) is 3.52. The highest BCUT2D eigenvalue weighted by atomic mass is 16.2. The van der Waals surface area contributed by atoms with Crippen molar-refractivity contribution in [3.05, 3.63) is 35.4 Å². The smallest absolute Gasteiger partial charge is 0.222 e. The van der Waals surface area contributed by atoms with Crippen molar-refractivity contribution < 1.29 is 4.79 Å². The first kappa shape index (κ1) is 14.5. The molecule has 0 atom stereocenters. The minimum absolute atomic E-state index is 0.0508. The molecule has 4 heteroatoms. The maximum Gasteiger partial charge on any atom is 0.222 e. The van der Waals surface area contributed by atoms with Crippen molar-refractivity contribution in [1.82, 2.24) is 10.2 Å². The molecule has 4 nitrogen and oxygen atoms in total. The lowest BCUT2D eigenvalue weighted by Gasteiger charge is -2.27. The lowest BCUT2D eigenvalue weighted by molar-refractivity contribution is -0.131. The van der Waals surface area contributed by atoms with E-state index >= 15 is 0 Å². The maximum absolute atomic E-state index is 12.2. The zero-order valence-corrected chi connectivity index (χ0v) is 12.6.